The van der Waals surface area contributed by atoms with E-state index in [4.69, 9.17) is 5.26 Å². The van der Waals surface area contributed by atoms with E-state index < -0.39 is 0 Å². The predicted octanol–water partition coefficient (Wildman–Crippen LogP) is 4.01. The fraction of sp³-hybridized carbons (Fsp3) is 0.211. The van der Waals surface area contributed by atoms with E-state index in [1.165, 1.54) is 11.8 Å². The maximum absolute atomic E-state index is 13.1. The Morgan fingerprint density at radius 2 is 1.96 bits per heavy atom. The van der Waals surface area contributed by atoms with E-state index in [0.717, 1.165) is 16.8 Å². The minimum atomic E-state index is -0.296. The average molecular weight is 335 g/mol. The lowest BCUT2D eigenvalue weighted by Crippen LogP contribution is -2.23. The molecule has 24 heavy (non-hydrogen) atoms. The molecule has 0 spiro atoms. The second-order valence-electron chi connectivity index (χ2n) is 5.73. The maximum atomic E-state index is 13.1. The molecule has 0 unspecified atom stereocenters. The lowest BCUT2D eigenvalue weighted by molar-refractivity contribution is 0.812. The molecule has 3 rings (SSSR count). The average Bonchev–Trinajstić information content (AvgIpc) is 2.56. The number of rotatable bonds is 3. The zero-order valence-corrected chi connectivity index (χ0v) is 14.6. The van der Waals surface area contributed by atoms with Crippen LogP contribution in [0.2, 0.25) is 0 Å². The van der Waals surface area contributed by atoms with E-state index in [-0.39, 0.29) is 10.8 Å². The number of para-hydroxylation sites is 1. The smallest absolute Gasteiger partial charge is 0.266 e. The van der Waals surface area contributed by atoms with Gasteiger partial charge in [0.15, 0.2) is 5.16 Å². The lowest BCUT2D eigenvalue weighted by Gasteiger charge is -2.16. The molecule has 0 aliphatic rings. The molecule has 1 aromatic heterocycles. The van der Waals surface area contributed by atoms with Crippen LogP contribution in [-0.4, -0.2) is 14.8 Å². The molecular formula is C19H17N3OS. The van der Waals surface area contributed by atoms with Crippen molar-refractivity contribution in [3.05, 3.63) is 63.9 Å². The van der Waals surface area contributed by atoms with Crippen molar-refractivity contribution >= 4 is 22.7 Å². The molecule has 120 valence electrons. The van der Waals surface area contributed by atoms with Crippen LogP contribution in [-0.2, 0) is 0 Å². The highest BCUT2D eigenvalue weighted by Gasteiger charge is 2.16. The topological polar surface area (TPSA) is 58.7 Å². The van der Waals surface area contributed by atoms with E-state index in [1.54, 1.807) is 17.6 Å². The summed E-state index contributed by atoms with van der Waals surface area (Å²) in [7, 11) is 0. The molecule has 0 amide bonds. The summed E-state index contributed by atoms with van der Waals surface area (Å²) < 4.78 is 1.62. The first kappa shape index (κ1) is 16.3. The van der Waals surface area contributed by atoms with Gasteiger partial charge in [-0.25, -0.2) is 4.98 Å². The first-order valence-electron chi connectivity index (χ1n) is 7.67. The molecule has 1 atom stereocenters. The third-order valence-corrected chi connectivity index (χ3v) is 4.75. The molecule has 1 heterocycles. The van der Waals surface area contributed by atoms with Gasteiger partial charge in [-0.3, -0.25) is 9.36 Å². The second kappa shape index (κ2) is 6.50. The number of benzene rings is 2. The Bertz CT molecular complexity index is 1020. The van der Waals surface area contributed by atoms with Crippen LogP contribution < -0.4 is 5.56 Å². The summed E-state index contributed by atoms with van der Waals surface area (Å²) in [6, 6.07) is 15.4. The number of hydrogen-bond donors (Lipinski definition) is 0. The van der Waals surface area contributed by atoms with Crippen molar-refractivity contribution in [2.24, 2.45) is 0 Å². The molecule has 4 nitrogen and oxygen atoms in total. The van der Waals surface area contributed by atoms with Crippen molar-refractivity contribution in [2.45, 2.75) is 31.2 Å². The minimum absolute atomic E-state index is 0.111. The lowest BCUT2D eigenvalue weighted by atomic mass is 10.1. The van der Waals surface area contributed by atoms with Gasteiger partial charge in [0.05, 0.1) is 27.9 Å². The molecule has 0 bridgehead atoms. The Hall–Kier alpha value is -2.58. The number of fused-ring (bicyclic) bond motifs is 1. The molecule has 0 aliphatic heterocycles. The third kappa shape index (κ3) is 2.93. The quantitative estimate of drug-likeness (QED) is 0.536. The normalized spacial score (nSPS) is 12.1. The third-order valence-electron chi connectivity index (χ3n) is 3.80. The van der Waals surface area contributed by atoms with Crippen LogP contribution in [0, 0.1) is 25.2 Å². The van der Waals surface area contributed by atoms with Gasteiger partial charge in [-0.15, -0.1) is 0 Å². The fourth-order valence-corrected chi connectivity index (χ4v) is 3.45. The maximum Gasteiger partial charge on any atom is 0.266 e. The van der Waals surface area contributed by atoms with Crippen molar-refractivity contribution < 1.29 is 0 Å². The number of nitrogens with zero attached hydrogens (tertiary/aromatic N) is 3. The van der Waals surface area contributed by atoms with E-state index in [1.807, 2.05) is 50.2 Å². The second-order valence-corrected chi connectivity index (χ2v) is 7.04. The zero-order chi connectivity index (χ0) is 17.3. The van der Waals surface area contributed by atoms with Gasteiger partial charge in [0.25, 0.3) is 5.56 Å². The fourth-order valence-electron chi connectivity index (χ4n) is 2.64. The molecule has 0 aliphatic carbocycles. The number of aryl methyl sites for hydroxylation is 2. The molecule has 0 saturated carbocycles. The van der Waals surface area contributed by atoms with Crippen LogP contribution in [0.4, 0.5) is 0 Å². The van der Waals surface area contributed by atoms with Crippen LogP contribution >= 0.6 is 11.8 Å². The SMILES string of the molecule is Cc1ccc(-n2c(S[C@@H](C)C#N)nc3ccccc3c2=O)c(C)c1. The molecular weight excluding hydrogens is 318 g/mol. The molecule has 0 fully saturated rings. The first-order valence-corrected chi connectivity index (χ1v) is 8.55. The number of nitriles is 1. The zero-order valence-electron chi connectivity index (χ0n) is 13.8. The van der Waals surface area contributed by atoms with Gasteiger partial charge >= 0.3 is 0 Å². The van der Waals surface area contributed by atoms with Crippen molar-refractivity contribution in [3.8, 4) is 11.8 Å². The highest BCUT2D eigenvalue weighted by molar-refractivity contribution is 8.00. The van der Waals surface area contributed by atoms with Gasteiger partial charge in [0.1, 0.15) is 0 Å². The van der Waals surface area contributed by atoms with Gasteiger partial charge in [0.2, 0.25) is 0 Å². The Balaban J connectivity index is 2.35. The summed E-state index contributed by atoms with van der Waals surface area (Å²) in [5.74, 6) is 0. The van der Waals surface area contributed by atoms with Crippen LogP contribution in [0.5, 0.6) is 0 Å². The molecule has 0 radical (unpaired) electrons. The highest BCUT2D eigenvalue weighted by Crippen LogP contribution is 2.26. The van der Waals surface area contributed by atoms with Crippen LogP contribution in [0.15, 0.2) is 52.4 Å². The van der Waals surface area contributed by atoms with Gasteiger partial charge in [-0.1, -0.05) is 41.6 Å². The highest BCUT2D eigenvalue weighted by atomic mass is 32.2. The summed E-state index contributed by atoms with van der Waals surface area (Å²) in [4.78, 5) is 17.7. The molecule has 0 saturated heterocycles. The van der Waals surface area contributed by atoms with Gasteiger partial charge in [0, 0.05) is 0 Å². The van der Waals surface area contributed by atoms with Crippen LogP contribution in [0.25, 0.3) is 16.6 Å². The molecule has 3 aromatic rings. The van der Waals surface area contributed by atoms with Crippen molar-refractivity contribution in [1.29, 1.82) is 5.26 Å². The number of aromatic nitrogens is 2. The monoisotopic (exact) mass is 335 g/mol. The summed E-state index contributed by atoms with van der Waals surface area (Å²) in [6.45, 7) is 5.80. The Kier molecular flexibility index (Phi) is 4.41. The van der Waals surface area contributed by atoms with Crippen molar-refractivity contribution in [1.82, 2.24) is 9.55 Å². The largest absolute Gasteiger partial charge is 0.268 e. The molecule has 0 N–H and O–H groups in total. The standard InChI is InChI=1S/C19H17N3OS/c1-12-8-9-17(13(2)10-12)22-18(23)15-6-4-5-7-16(15)21-19(22)24-14(3)11-20/h4-10,14H,1-3H3/t14-/m0/s1. The van der Waals surface area contributed by atoms with Crippen molar-refractivity contribution in [3.63, 3.8) is 0 Å². The Morgan fingerprint density at radius 3 is 2.67 bits per heavy atom. The number of hydrogen-bond acceptors (Lipinski definition) is 4. The summed E-state index contributed by atoms with van der Waals surface area (Å²) >= 11 is 1.30. The van der Waals surface area contributed by atoms with Gasteiger partial charge in [-0.05, 0) is 44.5 Å². The number of thioether (sulfide) groups is 1. The Labute approximate surface area is 144 Å². The summed E-state index contributed by atoms with van der Waals surface area (Å²) in [5.41, 5.74) is 3.48. The van der Waals surface area contributed by atoms with E-state index in [9.17, 15) is 4.79 Å². The van der Waals surface area contributed by atoms with Gasteiger partial charge in [-0.2, -0.15) is 5.26 Å². The first-order chi connectivity index (χ1) is 11.5. The predicted molar refractivity (Wildman–Crippen MR) is 97.7 cm³/mol. The summed E-state index contributed by atoms with van der Waals surface area (Å²) in [5, 5.41) is 9.97. The van der Waals surface area contributed by atoms with E-state index in [0.29, 0.717) is 16.1 Å². The minimum Gasteiger partial charge on any atom is -0.268 e. The Morgan fingerprint density at radius 1 is 1.21 bits per heavy atom. The van der Waals surface area contributed by atoms with Crippen LogP contribution in [0.1, 0.15) is 18.1 Å². The summed E-state index contributed by atoms with van der Waals surface area (Å²) in [6.07, 6.45) is 0. The van der Waals surface area contributed by atoms with E-state index >= 15 is 0 Å². The molecule has 5 heteroatoms. The van der Waals surface area contributed by atoms with E-state index in [2.05, 4.69) is 11.1 Å². The molecule has 2 aromatic carbocycles. The van der Waals surface area contributed by atoms with Gasteiger partial charge < -0.3 is 0 Å². The van der Waals surface area contributed by atoms with Crippen molar-refractivity contribution in [2.75, 3.05) is 0 Å². The van der Waals surface area contributed by atoms with Crippen LogP contribution in [0.3, 0.4) is 0 Å².